The highest BCUT2D eigenvalue weighted by molar-refractivity contribution is 6.46. The Morgan fingerprint density at radius 3 is 2.68 bits per heavy atom. The molecule has 2 aliphatic heterocycles. The molecule has 6 nitrogen and oxygen atoms in total. The Hall–Kier alpha value is -3.19. The maximum atomic E-state index is 14.7. The predicted molar refractivity (Wildman–Crippen MR) is 114 cm³/mol. The van der Waals surface area contributed by atoms with Crippen molar-refractivity contribution in [3.63, 3.8) is 0 Å². The monoisotopic (exact) mass is 424 g/mol. The van der Waals surface area contributed by atoms with Gasteiger partial charge >= 0.3 is 0 Å². The number of amides is 1. The standard InChI is InChI=1S/C24H25FN2O4/c1-14-12-16-13-15(8-9-19(16)31-14)22(28)20-21(17-6-4-5-7-18(17)25)27(11-10-26(2)3)24(30)23(20)29/h4-9,13-14,21,28H,10-12H2,1-3H3/b22-20+/t14-,21+/m0/s1. The van der Waals surface area contributed by atoms with Crippen molar-refractivity contribution in [3.8, 4) is 5.75 Å². The summed E-state index contributed by atoms with van der Waals surface area (Å²) in [7, 11) is 3.70. The molecule has 4 rings (SSSR count). The number of carbonyl (C=O) groups excluding carboxylic acids is 2. The molecular formula is C24H25FN2O4. The Balaban J connectivity index is 1.84. The molecule has 2 atom stereocenters. The maximum Gasteiger partial charge on any atom is 0.295 e. The molecule has 0 aliphatic carbocycles. The number of aliphatic hydroxyl groups is 1. The number of carbonyl (C=O) groups is 2. The first kappa shape index (κ1) is 21.1. The van der Waals surface area contributed by atoms with Gasteiger partial charge in [0, 0.05) is 30.6 Å². The summed E-state index contributed by atoms with van der Waals surface area (Å²) in [5, 5.41) is 11.1. The van der Waals surface area contributed by atoms with E-state index in [0.717, 1.165) is 11.3 Å². The normalized spacial score (nSPS) is 22.2. The number of ether oxygens (including phenoxy) is 1. The number of likely N-dealkylation sites (N-methyl/N-ethyl adjacent to an activating group) is 1. The molecule has 31 heavy (non-hydrogen) atoms. The zero-order chi connectivity index (χ0) is 22.3. The lowest BCUT2D eigenvalue weighted by Crippen LogP contribution is -2.35. The lowest BCUT2D eigenvalue weighted by molar-refractivity contribution is -0.140. The SMILES string of the molecule is C[C@H]1Cc2cc(/C(O)=C3\C(=O)C(=O)N(CCN(C)C)[C@@H]3c3ccccc3F)ccc2O1. The van der Waals surface area contributed by atoms with E-state index in [1.165, 1.54) is 11.0 Å². The number of rotatable bonds is 5. The van der Waals surface area contributed by atoms with Crippen LogP contribution in [0.1, 0.15) is 29.7 Å². The lowest BCUT2D eigenvalue weighted by Gasteiger charge is -2.26. The molecule has 0 unspecified atom stereocenters. The van der Waals surface area contributed by atoms with E-state index in [9.17, 15) is 19.1 Å². The third-order valence-corrected chi connectivity index (χ3v) is 5.70. The predicted octanol–water partition coefficient (Wildman–Crippen LogP) is 3.13. The highest BCUT2D eigenvalue weighted by Crippen LogP contribution is 2.41. The van der Waals surface area contributed by atoms with Crippen molar-refractivity contribution in [1.29, 1.82) is 0 Å². The van der Waals surface area contributed by atoms with Gasteiger partial charge in [0.25, 0.3) is 11.7 Å². The molecule has 7 heteroatoms. The highest BCUT2D eigenvalue weighted by atomic mass is 19.1. The second kappa shape index (κ2) is 8.15. The summed E-state index contributed by atoms with van der Waals surface area (Å²) in [6, 6.07) is 10.2. The zero-order valence-corrected chi connectivity index (χ0v) is 17.8. The average Bonchev–Trinajstić information content (AvgIpc) is 3.22. The fourth-order valence-electron chi connectivity index (χ4n) is 4.16. The highest BCUT2D eigenvalue weighted by Gasteiger charge is 2.46. The Morgan fingerprint density at radius 2 is 1.97 bits per heavy atom. The van der Waals surface area contributed by atoms with E-state index in [-0.39, 0.29) is 29.5 Å². The van der Waals surface area contributed by atoms with Gasteiger partial charge in [-0.2, -0.15) is 0 Å². The zero-order valence-electron chi connectivity index (χ0n) is 17.8. The van der Waals surface area contributed by atoms with Crippen LogP contribution in [-0.2, 0) is 16.0 Å². The molecule has 0 aromatic heterocycles. The van der Waals surface area contributed by atoms with Crippen molar-refractivity contribution in [2.75, 3.05) is 27.2 Å². The van der Waals surface area contributed by atoms with Gasteiger partial charge in [0.2, 0.25) is 0 Å². The van der Waals surface area contributed by atoms with Crippen LogP contribution in [0.5, 0.6) is 5.75 Å². The van der Waals surface area contributed by atoms with Crippen molar-refractivity contribution in [3.05, 3.63) is 70.5 Å². The van der Waals surface area contributed by atoms with Gasteiger partial charge in [0.1, 0.15) is 23.4 Å². The van der Waals surface area contributed by atoms with Crippen LogP contribution in [0.2, 0.25) is 0 Å². The van der Waals surface area contributed by atoms with E-state index in [2.05, 4.69) is 0 Å². The van der Waals surface area contributed by atoms with Crippen molar-refractivity contribution < 1.29 is 23.8 Å². The first-order chi connectivity index (χ1) is 14.8. The van der Waals surface area contributed by atoms with Crippen molar-refractivity contribution in [1.82, 2.24) is 9.80 Å². The first-order valence-corrected chi connectivity index (χ1v) is 10.3. The quantitative estimate of drug-likeness (QED) is 0.454. The molecule has 2 heterocycles. The van der Waals surface area contributed by atoms with Crippen LogP contribution in [0.15, 0.2) is 48.0 Å². The second-order valence-corrected chi connectivity index (χ2v) is 8.27. The van der Waals surface area contributed by atoms with Crippen LogP contribution in [0, 0.1) is 5.82 Å². The van der Waals surface area contributed by atoms with Crippen molar-refractivity contribution in [2.24, 2.45) is 0 Å². The summed E-state index contributed by atoms with van der Waals surface area (Å²) in [6.45, 7) is 2.67. The number of likely N-dealkylation sites (tertiary alicyclic amines) is 1. The van der Waals surface area contributed by atoms with Crippen LogP contribution < -0.4 is 4.74 Å². The number of benzene rings is 2. The van der Waals surface area contributed by atoms with E-state index in [1.807, 2.05) is 25.9 Å². The van der Waals surface area contributed by atoms with Gasteiger partial charge in [-0.3, -0.25) is 9.59 Å². The van der Waals surface area contributed by atoms with Crippen LogP contribution in [-0.4, -0.2) is 59.9 Å². The minimum atomic E-state index is -0.996. The number of Topliss-reactive ketones (excluding diaryl/α,β-unsaturated/α-hetero) is 1. The Bertz CT molecular complexity index is 1080. The average molecular weight is 424 g/mol. The molecule has 0 spiro atoms. The molecule has 2 aromatic carbocycles. The van der Waals surface area contributed by atoms with Crippen molar-refractivity contribution >= 4 is 17.4 Å². The second-order valence-electron chi connectivity index (χ2n) is 8.27. The fraction of sp³-hybridized carbons (Fsp3) is 0.333. The fourth-order valence-corrected chi connectivity index (χ4v) is 4.16. The smallest absolute Gasteiger partial charge is 0.295 e. The summed E-state index contributed by atoms with van der Waals surface area (Å²) in [5.74, 6) is -1.65. The number of aliphatic hydroxyl groups excluding tert-OH is 1. The number of nitrogens with zero attached hydrogens (tertiary/aromatic N) is 2. The largest absolute Gasteiger partial charge is 0.507 e. The summed E-state index contributed by atoms with van der Waals surface area (Å²) in [4.78, 5) is 29.1. The molecule has 1 saturated heterocycles. The van der Waals surface area contributed by atoms with Crippen LogP contribution in [0.4, 0.5) is 4.39 Å². The van der Waals surface area contributed by atoms with E-state index in [4.69, 9.17) is 4.74 Å². The number of hydrogen-bond acceptors (Lipinski definition) is 5. The molecule has 1 fully saturated rings. The molecule has 0 saturated carbocycles. The van der Waals surface area contributed by atoms with Gasteiger partial charge in [-0.25, -0.2) is 4.39 Å². The van der Waals surface area contributed by atoms with E-state index < -0.39 is 23.5 Å². The molecule has 2 aromatic rings. The van der Waals surface area contributed by atoms with Crippen LogP contribution in [0.3, 0.4) is 0 Å². The maximum absolute atomic E-state index is 14.7. The third-order valence-electron chi connectivity index (χ3n) is 5.70. The van der Waals surface area contributed by atoms with Gasteiger partial charge in [0.15, 0.2) is 0 Å². The Labute approximate surface area is 180 Å². The minimum absolute atomic E-state index is 0.0300. The molecule has 162 valence electrons. The first-order valence-electron chi connectivity index (χ1n) is 10.3. The lowest BCUT2D eigenvalue weighted by atomic mass is 9.94. The summed E-state index contributed by atoms with van der Waals surface area (Å²) in [6.07, 6.45) is 0.715. The Morgan fingerprint density at radius 1 is 1.23 bits per heavy atom. The molecule has 2 aliphatic rings. The molecule has 1 amide bonds. The number of halogens is 1. The molecular weight excluding hydrogens is 399 g/mol. The van der Waals surface area contributed by atoms with E-state index in [1.54, 1.807) is 36.4 Å². The van der Waals surface area contributed by atoms with Crippen molar-refractivity contribution in [2.45, 2.75) is 25.5 Å². The van der Waals surface area contributed by atoms with Gasteiger partial charge in [0.05, 0.1) is 11.6 Å². The summed E-state index contributed by atoms with van der Waals surface area (Å²) < 4.78 is 20.5. The molecule has 1 N–H and O–H groups in total. The molecule has 0 radical (unpaired) electrons. The van der Waals surface area contributed by atoms with Gasteiger partial charge < -0.3 is 19.6 Å². The number of fused-ring (bicyclic) bond motifs is 1. The third kappa shape index (κ3) is 3.81. The molecule has 0 bridgehead atoms. The number of ketones is 1. The van der Waals surface area contributed by atoms with Crippen LogP contribution in [0.25, 0.3) is 5.76 Å². The topological polar surface area (TPSA) is 70.1 Å². The number of hydrogen-bond donors (Lipinski definition) is 1. The Kier molecular flexibility index (Phi) is 5.54. The van der Waals surface area contributed by atoms with E-state index >= 15 is 0 Å². The summed E-state index contributed by atoms with van der Waals surface area (Å²) >= 11 is 0. The van der Waals surface area contributed by atoms with Gasteiger partial charge in [-0.1, -0.05) is 18.2 Å². The van der Waals surface area contributed by atoms with Gasteiger partial charge in [-0.15, -0.1) is 0 Å². The van der Waals surface area contributed by atoms with E-state index in [0.29, 0.717) is 18.5 Å². The summed E-state index contributed by atoms with van der Waals surface area (Å²) in [5.41, 5.74) is 1.41. The van der Waals surface area contributed by atoms with Gasteiger partial charge in [-0.05, 0) is 50.8 Å². The minimum Gasteiger partial charge on any atom is -0.507 e. The van der Waals surface area contributed by atoms with Crippen LogP contribution >= 0.6 is 0 Å².